The summed E-state index contributed by atoms with van der Waals surface area (Å²) in [4.78, 5) is 12.3. The monoisotopic (exact) mass is 518 g/mol. The van der Waals surface area contributed by atoms with Crippen LogP contribution in [0.4, 0.5) is 29.3 Å². The Morgan fingerprint density at radius 3 is 2.29 bits per heavy atom. The van der Waals surface area contributed by atoms with Gasteiger partial charge in [0.15, 0.2) is 0 Å². The summed E-state index contributed by atoms with van der Waals surface area (Å²) in [6.45, 7) is 1.65. The molecule has 2 rings (SSSR count). The lowest BCUT2D eigenvalue weighted by atomic mass is 10.1. The van der Waals surface area contributed by atoms with Crippen LogP contribution in [0, 0.1) is 0 Å². The first-order valence-electron chi connectivity index (χ1n) is 8.74. The summed E-state index contributed by atoms with van der Waals surface area (Å²) >= 11 is 9.13. The summed E-state index contributed by atoms with van der Waals surface area (Å²) in [5.74, 6) is 0.381. The average molecular weight is 520 g/mol. The van der Waals surface area contributed by atoms with Crippen molar-refractivity contribution in [3.8, 4) is 5.75 Å². The predicted molar refractivity (Wildman–Crippen MR) is 121 cm³/mol. The molecule has 0 aliphatic heterocycles. The first-order chi connectivity index (χ1) is 14.5. The number of carbonyl (C=O) groups excluding carboxylic acids is 1. The molecule has 0 saturated heterocycles. The zero-order valence-electron chi connectivity index (χ0n) is 16.7. The fourth-order valence-electron chi connectivity index (χ4n) is 2.59. The fraction of sp³-hybridized carbons (Fsp3) is 0.200. The van der Waals surface area contributed by atoms with Crippen molar-refractivity contribution >= 4 is 56.8 Å². The zero-order chi connectivity index (χ0) is 23.2. The van der Waals surface area contributed by atoms with E-state index in [1.807, 2.05) is 0 Å². The van der Waals surface area contributed by atoms with Gasteiger partial charge in [0.1, 0.15) is 12.0 Å². The van der Waals surface area contributed by atoms with Crippen LogP contribution in [0.15, 0.2) is 52.0 Å². The molecule has 0 aliphatic rings. The molecule has 0 unspecified atom stereocenters. The summed E-state index contributed by atoms with van der Waals surface area (Å²) in [7, 11) is 2.80. The van der Waals surface area contributed by atoms with Crippen LogP contribution in [0.3, 0.4) is 0 Å². The molecule has 0 spiro atoms. The van der Waals surface area contributed by atoms with Crippen molar-refractivity contribution in [3.05, 3.63) is 57.5 Å². The highest BCUT2D eigenvalue weighted by atomic mass is 79.9. The van der Waals surface area contributed by atoms with Gasteiger partial charge in [0.2, 0.25) is 0 Å². The van der Waals surface area contributed by atoms with Gasteiger partial charge < -0.3 is 15.4 Å². The number of nitrogens with one attached hydrogen (secondary N) is 2. The first-order valence-corrected chi connectivity index (χ1v) is 9.91. The number of hydrazone groups is 1. The van der Waals surface area contributed by atoms with E-state index in [2.05, 4.69) is 31.7 Å². The lowest BCUT2D eigenvalue weighted by molar-refractivity contribution is -0.0544. The molecule has 2 aromatic carbocycles. The number of amides is 2. The van der Waals surface area contributed by atoms with Crippen molar-refractivity contribution in [2.75, 3.05) is 24.8 Å². The summed E-state index contributed by atoms with van der Waals surface area (Å²) < 4.78 is 43.5. The van der Waals surface area contributed by atoms with Gasteiger partial charge in [-0.1, -0.05) is 27.5 Å². The second-order valence-electron chi connectivity index (χ2n) is 6.19. The van der Waals surface area contributed by atoms with Crippen LogP contribution >= 0.6 is 27.5 Å². The van der Waals surface area contributed by atoms with Crippen LogP contribution in [0.1, 0.15) is 12.5 Å². The summed E-state index contributed by atoms with van der Waals surface area (Å²) in [6, 6.07) is 10.8. The zero-order valence-corrected chi connectivity index (χ0v) is 19.1. The number of ether oxygens (including phenoxy) is 1. The standard InChI is InChI=1S/C20H19BrClF3N4O2/c1-12(21)18(29(2)26-11-20(23,24)25)16-10-15(8-9-17(16)31-3)28-19(30)27-14-6-4-13(22)5-7-14/h4-11H,1-3H3,(H2,27,28,30)/b18-12+,26-11+. The second kappa shape index (κ2) is 10.5. The van der Waals surface area contributed by atoms with Gasteiger partial charge in [-0.15, -0.1) is 0 Å². The molecule has 0 aliphatic carbocycles. The number of methoxy groups -OCH3 is 1. The quantitative estimate of drug-likeness (QED) is 0.336. The van der Waals surface area contributed by atoms with Crippen LogP contribution < -0.4 is 15.4 Å². The number of nitrogens with zero attached hydrogens (tertiary/aromatic N) is 2. The van der Waals surface area contributed by atoms with E-state index < -0.39 is 12.2 Å². The topological polar surface area (TPSA) is 66.0 Å². The second-order valence-corrected chi connectivity index (χ2v) is 7.82. The number of hydrogen-bond donors (Lipinski definition) is 2. The lowest BCUT2D eigenvalue weighted by Crippen LogP contribution is -2.20. The van der Waals surface area contributed by atoms with E-state index >= 15 is 0 Å². The van der Waals surface area contributed by atoms with Gasteiger partial charge in [0.25, 0.3) is 0 Å². The Bertz CT molecular complexity index is 991. The van der Waals surface area contributed by atoms with Crippen LogP contribution in [0.5, 0.6) is 5.75 Å². The highest BCUT2D eigenvalue weighted by molar-refractivity contribution is 9.11. The smallest absolute Gasteiger partial charge is 0.428 e. The molecule has 2 aromatic rings. The van der Waals surface area contributed by atoms with E-state index in [0.717, 1.165) is 5.01 Å². The molecule has 2 N–H and O–H groups in total. The SMILES string of the molecule is COc1ccc(NC(=O)Nc2ccc(Cl)cc2)cc1/C(=C(/C)Br)N(C)/N=C/C(F)(F)F. The molecule has 0 atom stereocenters. The maximum atomic E-state index is 12.5. The average Bonchev–Trinajstić information content (AvgIpc) is 2.68. The van der Waals surface area contributed by atoms with Crippen molar-refractivity contribution in [2.45, 2.75) is 13.1 Å². The number of halogens is 5. The maximum absolute atomic E-state index is 12.5. The number of urea groups is 1. The Balaban J connectivity index is 2.31. The van der Waals surface area contributed by atoms with E-state index in [4.69, 9.17) is 16.3 Å². The van der Waals surface area contributed by atoms with Crippen molar-refractivity contribution in [3.63, 3.8) is 0 Å². The molecule has 0 radical (unpaired) electrons. The van der Waals surface area contributed by atoms with Crippen molar-refractivity contribution in [1.29, 1.82) is 0 Å². The maximum Gasteiger partial charge on any atom is 0.428 e. The minimum absolute atomic E-state index is 0.114. The van der Waals surface area contributed by atoms with Crippen molar-refractivity contribution in [2.24, 2.45) is 5.10 Å². The van der Waals surface area contributed by atoms with Gasteiger partial charge in [0, 0.05) is 33.5 Å². The molecule has 31 heavy (non-hydrogen) atoms. The Labute approximate surface area is 190 Å². The number of allylic oxidation sites excluding steroid dienone is 1. The Morgan fingerprint density at radius 1 is 1.16 bits per heavy atom. The summed E-state index contributed by atoms with van der Waals surface area (Å²) in [6.07, 6.45) is -4.68. The van der Waals surface area contributed by atoms with E-state index in [1.54, 1.807) is 49.4 Å². The van der Waals surface area contributed by atoms with Crippen LogP contribution in [-0.2, 0) is 0 Å². The third kappa shape index (κ3) is 7.48. The van der Waals surface area contributed by atoms with Crippen LogP contribution in [0.2, 0.25) is 5.02 Å². The van der Waals surface area contributed by atoms with E-state index in [-0.39, 0.29) is 6.21 Å². The summed E-state index contributed by atoms with van der Waals surface area (Å²) in [5, 5.41) is 10.4. The van der Waals surface area contributed by atoms with Gasteiger partial charge in [-0.25, -0.2) is 4.79 Å². The van der Waals surface area contributed by atoms with E-state index in [9.17, 15) is 18.0 Å². The van der Waals surface area contributed by atoms with Gasteiger partial charge in [-0.2, -0.15) is 18.3 Å². The molecule has 2 amide bonds. The Hall–Kier alpha value is -2.72. The van der Waals surface area contributed by atoms with Gasteiger partial charge in [0.05, 0.1) is 12.8 Å². The van der Waals surface area contributed by atoms with Gasteiger partial charge >= 0.3 is 12.2 Å². The number of carbonyl (C=O) groups is 1. The largest absolute Gasteiger partial charge is 0.496 e. The Kier molecular flexibility index (Phi) is 8.35. The molecule has 0 saturated carbocycles. The number of rotatable bonds is 6. The lowest BCUT2D eigenvalue weighted by Gasteiger charge is -2.22. The number of benzene rings is 2. The van der Waals surface area contributed by atoms with Gasteiger partial charge in [-0.3, -0.25) is 5.01 Å². The molecule has 0 heterocycles. The fourth-order valence-corrected chi connectivity index (χ4v) is 3.19. The molecule has 6 nitrogen and oxygen atoms in total. The van der Waals surface area contributed by atoms with E-state index in [0.29, 0.717) is 37.9 Å². The van der Waals surface area contributed by atoms with Gasteiger partial charge in [-0.05, 0) is 49.4 Å². The first kappa shape index (κ1) is 24.5. The normalized spacial score (nSPS) is 12.4. The third-order valence-electron chi connectivity index (χ3n) is 3.84. The molecule has 0 bridgehead atoms. The third-order valence-corrected chi connectivity index (χ3v) is 4.47. The van der Waals surface area contributed by atoms with Crippen molar-refractivity contribution in [1.82, 2.24) is 5.01 Å². The van der Waals surface area contributed by atoms with Crippen LogP contribution in [-0.4, -0.2) is 37.6 Å². The summed E-state index contributed by atoms with van der Waals surface area (Å²) in [5.41, 5.74) is 1.66. The highest BCUT2D eigenvalue weighted by Gasteiger charge is 2.25. The molecular formula is C20H19BrClF3N4O2. The van der Waals surface area contributed by atoms with Crippen LogP contribution in [0.25, 0.3) is 5.70 Å². The molecule has 0 fully saturated rings. The number of anilines is 2. The molecule has 166 valence electrons. The van der Waals surface area contributed by atoms with E-state index in [1.165, 1.54) is 14.2 Å². The minimum atomic E-state index is -4.56. The predicted octanol–water partition coefficient (Wildman–Crippen LogP) is 6.56. The number of alkyl halides is 3. The molecular weight excluding hydrogens is 501 g/mol. The molecule has 0 aromatic heterocycles. The highest BCUT2D eigenvalue weighted by Crippen LogP contribution is 2.34. The number of hydrogen-bond acceptors (Lipinski definition) is 4. The minimum Gasteiger partial charge on any atom is -0.496 e. The van der Waals surface area contributed by atoms with Crippen molar-refractivity contribution < 1.29 is 22.7 Å². The Morgan fingerprint density at radius 2 is 1.74 bits per heavy atom. The molecule has 11 heteroatoms.